The van der Waals surface area contributed by atoms with E-state index in [2.05, 4.69) is 12.5 Å². The Hall–Kier alpha value is -1.46. The summed E-state index contributed by atoms with van der Waals surface area (Å²) >= 11 is 0. The molecule has 0 bridgehead atoms. The lowest BCUT2D eigenvalue weighted by atomic mass is 9.64. The first-order valence-electron chi connectivity index (χ1n) is 5.35. The molecule has 1 heterocycles. The number of rotatable bonds is 1. The molecule has 0 radical (unpaired) electrons. The maximum absolute atomic E-state index is 10.5. The van der Waals surface area contributed by atoms with Crippen LogP contribution in [0.25, 0.3) is 0 Å². The van der Waals surface area contributed by atoms with Crippen molar-refractivity contribution in [2.45, 2.75) is 32.3 Å². The zero-order valence-electron chi connectivity index (χ0n) is 9.71. The minimum atomic E-state index is -1.17. The Labute approximate surface area is 96.0 Å². The molecule has 1 aromatic rings. The number of terminal acetylenes is 1. The SMILES string of the molecule is C#C[C@]1(O)Cc2c(C)coc2C[C@@]1(C)C=C. The van der Waals surface area contributed by atoms with Gasteiger partial charge in [0.25, 0.3) is 0 Å². The maximum atomic E-state index is 10.5. The standard InChI is InChI=1S/C14H16O2/c1-5-13(4)8-12-11(10(3)9-16-12)7-14(13,15)6-2/h2,5,9,15H,1,7-8H2,3-4H3/t13-,14+/m1/s1. The summed E-state index contributed by atoms with van der Waals surface area (Å²) in [6.45, 7) is 7.67. The third kappa shape index (κ3) is 1.25. The zero-order chi connectivity index (χ0) is 12.0. The Morgan fingerprint density at radius 2 is 2.31 bits per heavy atom. The van der Waals surface area contributed by atoms with E-state index in [1.165, 1.54) is 0 Å². The van der Waals surface area contributed by atoms with Crippen LogP contribution in [0.1, 0.15) is 23.8 Å². The molecule has 2 atom stereocenters. The highest BCUT2D eigenvalue weighted by molar-refractivity contribution is 5.39. The van der Waals surface area contributed by atoms with Gasteiger partial charge in [0.2, 0.25) is 0 Å². The highest BCUT2D eigenvalue weighted by Crippen LogP contribution is 2.44. The summed E-state index contributed by atoms with van der Waals surface area (Å²) in [5, 5.41) is 10.5. The van der Waals surface area contributed by atoms with Gasteiger partial charge in [-0.2, -0.15) is 0 Å². The summed E-state index contributed by atoms with van der Waals surface area (Å²) in [7, 11) is 0. The molecule has 1 N–H and O–H groups in total. The van der Waals surface area contributed by atoms with Gasteiger partial charge in [-0.3, -0.25) is 0 Å². The predicted octanol–water partition coefficient (Wildman–Crippen LogP) is 2.24. The Kier molecular flexibility index (Phi) is 2.25. The van der Waals surface area contributed by atoms with Gasteiger partial charge >= 0.3 is 0 Å². The quantitative estimate of drug-likeness (QED) is 0.577. The van der Waals surface area contributed by atoms with E-state index in [9.17, 15) is 5.11 Å². The smallest absolute Gasteiger partial charge is 0.138 e. The van der Waals surface area contributed by atoms with Crippen LogP contribution >= 0.6 is 0 Å². The van der Waals surface area contributed by atoms with E-state index in [0.717, 1.165) is 16.9 Å². The maximum Gasteiger partial charge on any atom is 0.138 e. The van der Waals surface area contributed by atoms with Crippen molar-refractivity contribution in [2.75, 3.05) is 0 Å². The summed E-state index contributed by atoms with van der Waals surface area (Å²) < 4.78 is 5.49. The molecule has 0 aliphatic heterocycles. The average molecular weight is 216 g/mol. The van der Waals surface area contributed by atoms with Gasteiger partial charge in [0.1, 0.15) is 11.4 Å². The van der Waals surface area contributed by atoms with Gasteiger partial charge in [-0.15, -0.1) is 13.0 Å². The molecule has 0 fully saturated rings. The van der Waals surface area contributed by atoms with Crippen molar-refractivity contribution >= 4 is 0 Å². The zero-order valence-corrected chi connectivity index (χ0v) is 9.71. The molecule has 84 valence electrons. The third-order valence-corrected chi connectivity index (χ3v) is 3.79. The van der Waals surface area contributed by atoms with Gasteiger partial charge < -0.3 is 9.52 Å². The monoisotopic (exact) mass is 216 g/mol. The molecule has 0 amide bonds. The Morgan fingerprint density at radius 3 is 2.88 bits per heavy atom. The van der Waals surface area contributed by atoms with Gasteiger partial charge in [-0.1, -0.05) is 18.9 Å². The number of hydrogen-bond acceptors (Lipinski definition) is 2. The Balaban J connectivity index is 2.57. The first-order valence-corrected chi connectivity index (χ1v) is 5.35. The normalized spacial score (nSPS) is 32.9. The van der Waals surface area contributed by atoms with Crippen molar-refractivity contribution in [3.05, 3.63) is 35.8 Å². The van der Waals surface area contributed by atoms with Crippen molar-refractivity contribution in [3.8, 4) is 12.3 Å². The lowest BCUT2D eigenvalue weighted by molar-refractivity contribution is -0.00820. The summed E-state index contributed by atoms with van der Waals surface area (Å²) in [5.74, 6) is 3.44. The number of furan rings is 1. The van der Waals surface area contributed by atoms with E-state index < -0.39 is 11.0 Å². The molecular formula is C14H16O2. The largest absolute Gasteiger partial charge is 0.469 e. The fraction of sp³-hybridized carbons (Fsp3) is 0.429. The number of fused-ring (bicyclic) bond motifs is 1. The fourth-order valence-corrected chi connectivity index (χ4v) is 2.30. The molecule has 0 aromatic carbocycles. The van der Waals surface area contributed by atoms with E-state index in [1.807, 2.05) is 13.8 Å². The highest BCUT2D eigenvalue weighted by atomic mass is 16.3. The van der Waals surface area contributed by atoms with Crippen LogP contribution in [-0.2, 0) is 12.8 Å². The average Bonchev–Trinajstić information content (AvgIpc) is 2.61. The molecule has 0 spiro atoms. The van der Waals surface area contributed by atoms with Gasteiger partial charge in [0, 0.05) is 23.8 Å². The lowest BCUT2D eigenvalue weighted by Crippen LogP contribution is -2.50. The summed E-state index contributed by atoms with van der Waals surface area (Å²) in [6, 6.07) is 0. The third-order valence-electron chi connectivity index (χ3n) is 3.79. The van der Waals surface area contributed by atoms with Crippen LogP contribution in [0.4, 0.5) is 0 Å². The second-order valence-electron chi connectivity index (χ2n) is 4.80. The van der Waals surface area contributed by atoms with E-state index in [4.69, 9.17) is 10.8 Å². The first-order chi connectivity index (χ1) is 7.46. The number of aliphatic hydroxyl groups is 1. The first kappa shape index (κ1) is 11.0. The van der Waals surface area contributed by atoms with Crippen LogP contribution < -0.4 is 0 Å². The molecule has 1 aliphatic rings. The molecule has 2 rings (SSSR count). The van der Waals surface area contributed by atoms with Crippen molar-refractivity contribution in [3.63, 3.8) is 0 Å². The molecule has 1 aromatic heterocycles. The van der Waals surface area contributed by atoms with Crippen LogP contribution in [0.5, 0.6) is 0 Å². The van der Waals surface area contributed by atoms with Crippen molar-refractivity contribution in [1.29, 1.82) is 0 Å². The Bertz CT molecular complexity index is 477. The molecule has 1 aliphatic carbocycles. The van der Waals surface area contributed by atoms with Gasteiger partial charge in [0.05, 0.1) is 6.26 Å². The van der Waals surface area contributed by atoms with Gasteiger partial charge in [-0.05, 0) is 12.5 Å². The second-order valence-corrected chi connectivity index (χ2v) is 4.80. The molecule has 0 saturated carbocycles. The number of aryl methyl sites for hydroxylation is 1. The fourth-order valence-electron chi connectivity index (χ4n) is 2.30. The van der Waals surface area contributed by atoms with Gasteiger partial charge in [0.15, 0.2) is 0 Å². The molecule has 2 heteroatoms. The molecule has 0 unspecified atom stereocenters. The van der Waals surface area contributed by atoms with Gasteiger partial charge in [-0.25, -0.2) is 0 Å². The summed E-state index contributed by atoms with van der Waals surface area (Å²) in [6.07, 6.45) is 9.97. The molecular weight excluding hydrogens is 200 g/mol. The van der Waals surface area contributed by atoms with Crippen LogP contribution in [0.15, 0.2) is 23.3 Å². The number of hydrogen-bond donors (Lipinski definition) is 1. The molecule has 2 nitrogen and oxygen atoms in total. The van der Waals surface area contributed by atoms with Crippen LogP contribution in [0.2, 0.25) is 0 Å². The minimum absolute atomic E-state index is 0.434. The Morgan fingerprint density at radius 1 is 1.62 bits per heavy atom. The van der Waals surface area contributed by atoms with E-state index in [1.54, 1.807) is 12.3 Å². The lowest BCUT2D eigenvalue weighted by Gasteiger charge is -2.42. The van der Waals surface area contributed by atoms with Crippen molar-refractivity contribution in [2.24, 2.45) is 5.41 Å². The molecule has 16 heavy (non-hydrogen) atoms. The topological polar surface area (TPSA) is 33.4 Å². The predicted molar refractivity (Wildman–Crippen MR) is 62.9 cm³/mol. The molecule has 0 saturated heterocycles. The van der Waals surface area contributed by atoms with E-state index >= 15 is 0 Å². The minimum Gasteiger partial charge on any atom is -0.469 e. The second kappa shape index (κ2) is 3.26. The highest BCUT2D eigenvalue weighted by Gasteiger charge is 2.49. The summed E-state index contributed by atoms with van der Waals surface area (Å²) in [5.41, 5.74) is 0.393. The van der Waals surface area contributed by atoms with Crippen LogP contribution in [0.3, 0.4) is 0 Å². The van der Waals surface area contributed by atoms with Crippen LogP contribution in [0, 0.1) is 24.7 Å². The van der Waals surface area contributed by atoms with Crippen molar-refractivity contribution < 1.29 is 9.52 Å². The van der Waals surface area contributed by atoms with E-state index in [0.29, 0.717) is 12.8 Å². The summed E-state index contributed by atoms with van der Waals surface area (Å²) in [4.78, 5) is 0. The van der Waals surface area contributed by atoms with E-state index in [-0.39, 0.29) is 0 Å². The van der Waals surface area contributed by atoms with Crippen molar-refractivity contribution in [1.82, 2.24) is 0 Å². The van der Waals surface area contributed by atoms with Crippen LogP contribution in [-0.4, -0.2) is 10.7 Å².